The molecule has 0 bridgehead atoms. The highest BCUT2D eigenvalue weighted by atomic mass is 28.4. The monoisotopic (exact) mass is 425 g/mol. The molecule has 0 saturated carbocycles. The third-order valence-corrected chi connectivity index (χ3v) is 11.2. The van der Waals surface area contributed by atoms with Crippen LogP contribution in [0.4, 0.5) is 4.79 Å². The van der Waals surface area contributed by atoms with Gasteiger partial charge in [-0.15, -0.1) is 6.58 Å². The van der Waals surface area contributed by atoms with Crippen molar-refractivity contribution in [1.82, 2.24) is 4.90 Å². The lowest BCUT2D eigenvalue weighted by Crippen LogP contribution is -2.49. The molecule has 4 atom stereocenters. The molecule has 2 saturated heterocycles. The largest absolute Gasteiger partial charge is 0.444 e. The molecule has 6 heteroatoms. The number of likely N-dealkylation sites (tertiary alicyclic amines) is 1. The molecule has 0 spiro atoms. The molecule has 0 radical (unpaired) electrons. The van der Waals surface area contributed by atoms with Gasteiger partial charge in [-0.2, -0.15) is 0 Å². The summed E-state index contributed by atoms with van der Waals surface area (Å²) in [6, 6.07) is -0.0912. The van der Waals surface area contributed by atoms with Crippen molar-refractivity contribution in [2.24, 2.45) is 11.8 Å². The van der Waals surface area contributed by atoms with Crippen molar-refractivity contribution in [2.75, 3.05) is 19.8 Å². The van der Waals surface area contributed by atoms with Gasteiger partial charge in [0.25, 0.3) is 0 Å². The molecule has 2 fully saturated rings. The summed E-state index contributed by atoms with van der Waals surface area (Å²) in [6.45, 7) is 22.8. The van der Waals surface area contributed by atoms with Crippen molar-refractivity contribution < 1.29 is 18.7 Å². The maximum Gasteiger partial charge on any atom is 0.410 e. The van der Waals surface area contributed by atoms with Gasteiger partial charge in [-0.25, -0.2) is 4.79 Å². The van der Waals surface area contributed by atoms with Gasteiger partial charge < -0.3 is 13.9 Å². The average molecular weight is 426 g/mol. The summed E-state index contributed by atoms with van der Waals surface area (Å²) >= 11 is 0. The minimum atomic E-state index is -1.93. The Morgan fingerprint density at radius 2 is 1.90 bits per heavy atom. The maximum atomic E-state index is 13.0. The van der Waals surface area contributed by atoms with Crippen LogP contribution in [0.2, 0.25) is 18.1 Å². The first-order chi connectivity index (χ1) is 13.2. The Bertz CT molecular complexity index is 578. The molecule has 0 aromatic rings. The predicted molar refractivity (Wildman–Crippen MR) is 121 cm³/mol. The smallest absolute Gasteiger partial charge is 0.410 e. The second-order valence-electron chi connectivity index (χ2n) is 11.3. The molecular formula is C23H43NO4Si. The van der Waals surface area contributed by atoms with E-state index in [-0.39, 0.29) is 23.3 Å². The van der Waals surface area contributed by atoms with Crippen LogP contribution in [0.1, 0.15) is 60.8 Å². The number of ether oxygens (including phenoxy) is 2. The first kappa shape index (κ1) is 24.4. The number of hydrogen-bond acceptors (Lipinski definition) is 4. The fraction of sp³-hybridized carbons (Fsp3) is 0.870. The zero-order valence-electron chi connectivity index (χ0n) is 19.9. The van der Waals surface area contributed by atoms with Crippen molar-refractivity contribution in [3.8, 4) is 0 Å². The van der Waals surface area contributed by atoms with Gasteiger partial charge >= 0.3 is 6.09 Å². The van der Waals surface area contributed by atoms with E-state index in [2.05, 4.69) is 40.4 Å². The van der Waals surface area contributed by atoms with Gasteiger partial charge in [-0.1, -0.05) is 26.8 Å². The van der Waals surface area contributed by atoms with Crippen molar-refractivity contribution in [3.05, 3.63) is 12.7 Å². The van der Waals surface area contributed by atoms with Gasteiger partial charge in [0.2, 0.25) is 0 Å². The third kappa shape index (κ3) is 6.31. The number of amides is 1. The summed E-state index contributed by atoms with van der Waals surface area (Å²) in [5.41, 5.74) is -0.515. The number of allylic oxidation sites excluding steroid dienone is 1. The molecule has 0 aliphatic carbocycles. The molecular weight excluding hydrogens is 382 g/mol. The zero-order chi connectivity index (χ0) is 22.0. The minimum absolute atomic E-state index is 0.0158. The Kier molecular flexibility index (Phi) is 7.67. The summed E-state index contributed by atoms with van der Waals surface area (Å²) in [6.07, 6.45) is 4.89. The number of nitrogens with zero attached hydrogens (tertiary/aromatic N) is 1. The number of carbonyl (C=O) groups excluding carboxylic acids is 1. The van der Waals surface area contributed by atoms with Crippen LogP contribution in [-0.2, 0) is 13.9 Å². The minimum Gasteiger partial charge on any atom is -0.444 e. The highest BCUT2D eigenvalue weighted by molar-refractivity contribution is 6.74. The Labute approximate surface area is 179 Å². The highest BCUT2D eigenvalue weighted by Crippen LogP contribution is 2.40. The molecule has 1 amide bonds. The van der Waals surface area contributed by atoms with Gasteiger partial charge in [0, 0.05) is 19.1 Å². The van der Waals surface area contributed by atoms with Crippen molar-refractivity contribution in [3.63, 3.8) is 0 Å². The number of fused-ring (bicyclic) bond motifs is 1. The van der Waals surface area contributed by atoms with E-state index in [1.807, 2.05) is 31.7 Å². The average Bonchev–Trinajstić information content (AvgIpc) is 2.76. The molecule has 0 aromatic carbocycles. The standard InChI is InChI=1S/C23H43NO4Si/c1-10-11-17-12-13-26-20-18(14-17)15-24(21(25)28-22(2,3)4)19(20)16-27-29(8,9)23(5,6)7/h10,17-20H,1,11-16H2,2-9H3/t17-,18+,19-,20-/m1/s1. The molecule has 2 aliphatic heterocycles. The van der Waals surface area contributed by atoms with E-state index >= 15 is 0 Å². The van der Waals surface area contributed by atoms with Gasteiger partial charge in [0.05, 0.1) is 18.8 Å². The summed E-state index contributed by atoms with van der Waals surface area (Å²) in [7, 11) is -1.93. The summed E-state index contributed by atoms with van der Waals surface area (Å²) in [5, 5.41) is 0.126. The van der Waals surface area contributed by atoms with Gasteiger partial charge in [-0.3, -0.25) is 4.90 Å². The van der Waals surface area contributed by atoms with Crippen LogP contribution in [0, 0.1) is 11.8 Å². The van der Waals surface area contributed by atoms with Crippen LogP contribution >= 0.6 is 0 Å². The van der Waals surface area contributed by atoms with E-state index in [4.69, 9.17) is 13.9 Å². The van der Waals surface area contributed by atoms with Crippen LogP contribution in [-0.4, -0.2) is 56.8 Å². The number of hydrogen-bond donors (Lipinski definition) is 0. The Morgan fingerprint density at radius 1 is 1.24 bits per heavy atom. The lowest BCUT2D eigenvalue weighted by molar-refractivity contribution is -0.0142. The molecule has 5 nitrogen and oxygen atoms in total. The molecule has 168 valence electrons. The van der Waals surface area contributed by atoms with E-state index in [0.29, 0.717) is 25.0 Å². The molecule has 0 aromatic heterocycles. The van der Waals surface area contributed by atoms with E-state index in [0.717, 1.165) is 25.9 Å². The Balaban J connectivity index is 2.21. The molecule has 29 heavy (non-hydrogen) atoms. The van der Waals surface area contributed by atoms with Crippen LogP contribution in [0.5, 0.6) is 0 Å². The predicted octanol–water partition coefficient (Wildman–Crippen LogP) is 5.62. The fourth-order valence-electron chi connectivity index (χ4n) is 4.03. The topological polar surface area (TPSA) is 48.0 Å². The van der Waals surface area contributed by atoms with Crippen LogP contribution in [0.25, 0.3) is 0 Å². The van der Waals surface area contributed by atoms with Crippen LogP contribution in [0.3, 0.4) is 0 Å². The molecule has 0 unspecified atom stereocenters. The third-order valence-electron chi connectivity index (χ3n) is 6.70. The van der Waals surface area contributed by atoms with Crippen LogP contribution < -0.4 is 0 Å². The molecule has 2 rings (SSSR count). The quantitative estimate of drug-likeness (QED) is 0.424. The number of rotatable bonds is 5. The first-order valence-electron chi connectivity index (χ1n) is 11.1. The molecule has 0 N–H and O–H groups in total. The normalized spacial score (nSPS) is 28.6. The van der Waals surface area contributed by atoms with E-state index in [1.165, 1.54) is 0 Å². The second-order valence-corrected chi connectivity index (χ2v) is 16.1. The Morgan fingerprint density at radius 3 is 2.45 bits per heavy atom. The molecule has 2 aliphatic rings. The van der Waals surface area contributed by atoms with Crippen molar-refractivity contribution >= 4 is 14.4 Å². The van der Waals surface area contributed by atoms with E-state index in [1.54, 1.807) is 0 Å². The Hall–Kier alpha value is -0.853. The van der Waals surface area contributed by atoms with E-state index < -0.39 is 13.9 Å². The number of carbonyl (C=O) groups is 1. The maximum absolute atomic E-state index is 13.0. The summed E-state index contributed by atoms with van der Waals surface area (Å²) in [4.78, 5) is 14.9. The lowest BCUT2D eigenvalue weighted by atomic mass is 9.88. The SMILES string of the molecule is C=CC[C@@H]1CCO[C@@H]2[C@@H](C1)CN(C(=O)OC(C)(C)C)[C@@H]2CO[Si](C)(C)C(C)(C)C. The first-order valence-corrected chi connectivity index (χ1v) is 14.0. The van der Waals surface area contributed by atoms with Crippen LogP contribution in [0.15, 0.2) is 12.7 Å². The zero-order valence-corrected chi connectivity index (χ0v) is 20.9. The van der Waals surface area contributed by atoms with Gasteiger partial charge in [-0.05, 0) is 64.1 Å². The fourth-order valence-corrected chi connectivity index (χ4v) is 5.05. The van der Waals surface area contributed by atoms with E-state index in [9.17, 15) is 4.79 Å². The van der Waals surface area contributed by atoms with Gasteiger partial charge in [0.1, 0.15) is 5.60 Å². The van der Waals surface area contributed by atoms with Crippen molar-refractivity contribution in [1.29, 1.82) is 0 Å². The lowest BCUT2D eigenvalue weighted by Gasteiger charge is -2.39. The summed E-state index contributed by atoms with van der Waals surface area (Å²) < 4.78 is 18.6. The van der Waals surface area contributed by atoms with Crippen molar-refractivity contribution in [2.45, 2.75) is 96.7 Å². The van der Waals surface area contributed by atoms with Gasteiger partial charge in [0.15, 0.2) is 8.32 Å². The highest BCUT2D eigenvalue weighted by Gasteiger charge is 2.49. The molecule has 2 heterocycles. The summed E-state index contributed by atoms with van der Waals surface area (Å²) in [5.74, 6) is 0.894. The second kappa shape index (κ2) is 9.11.